The molecular weight excluding hydrogens is 528 g/mol. The lowest BCUT2D eigenvalue weighted by Crippen LogP contribution is -2.44. The lowest BCUT2D eigenvalue weighted by atomic mass is 9.76. The van der Waals surface area contributed by atoms with Gasteiger partial charge in [0.2, 0.25) is 5.91 Å². The van der Waals surface area contributed by atoms with Gasteiger partial charge < -0.3 is 15.5 Å². The molecule has 1 aromatic heterocycles. The standard InChI is InChI=1S/C27H32BrClN4O2/c28-21-14-20-2-1-19-15-22(29)3-4-23(19)25(26(20)31-16-21)18-7-11-32(12-8-18)24(34)13-17-5-9-33(10-6-17)27(30)35/h3-4,14-18,25H,1-2,5-13H2,(H2,30,35)/t25-/m1/s1. The molecule has 0 radical (unpaired) electrons. The average Bonchev–Trinajstić information content (AvgIpc) is 3.00. The highest BCUT2D eigenvalue weighted by atomic mass is 79.9. The summed E-state index contributed by atoms with van der Waals surface area (Å²) in [6.07, 6.45) is 8.04. The molecule has 2 aromatic rings. The summed E-state index contributed by atoms with van der Waals surface area (Å²) in [4.78, 5) is 33.1. The number of aromatic nitrogens is 1. The third-order valence-corrected chi connectivity index (χ3v) is 8.79. The molecule has 6 nitrogen and oxygen atoms in total. The Bertz CT molecular complexity index is 1060. The third kappa shape index (κ3) is 5.36. The van der Waals surface area contributed by atoms with Crippen LogP contribution in [0.4, 0.5) is 4.79 Å². The van der Waals surface area contributed by atoms with Gasteiger partial charge in [-0.1, -0.05) is 17.7 Å². The zero-order chi connectivity index (χ0) is 24.5. The van der Waals surface area contributed by atoms with E-state index in [1.165, 1.54) is 22.4 Å². The minimum absolute atomic E-state index is 0.225. The van der Waals surface area contributed by atoms with Crippen LogP contribution in [0.2, 0.25) is 5.02 Å². The molecular formula is C27H32BrClN4O2. The molecule has 2 aliphatic heterocycles. The van der Waals surface area contributed by atoms with Gasteiger partial charge in [0, 0.05) is 54.2 Å². The molecule has 3 amide bonds. The molecule has 0 unspecified atom stereocenters. The smallest absolute Gasteiger partial charge is 0.314 e. The van der Waals surface area contributed by atoms with Crippen molar-refractivity contribution in [2.24, 2.45) is 17.6 Å². The number of fused-ring (bicyclic) bond motifs is 2. The largest absolute Gasteiger partial charge is 0.351 e. The van der Waals surface area contributed by atoms with Crippen molar-refractivity contribution in [2.75, 3.05) is 26.2 Å². The molecule has 1 atom stereocenters. The van der Waals surface area contributed by atoms with Gasteiger partial charge in [-0.15, -0.1) is 0 Å². The molecule has 1 aromatic carbocycles. The van der Waals surface area contributed by atoms with Crippen molar-refractivity contribution in [2.45, 2.75) is 50.9 Å². The molecule has 3 heterocycles. The van der Waals surface area contributed by atoms with E-state index in [4.69, 9.17) is 22.3 Å². The minimum atomic E-state index is -0.359. The lowest BCUT2D eigenvalue weighted by Gasteiger charge is -2.38. The van der Waals surface area contributed by atoms with Crippen molar-refractivity contribution in [1.29, 1.82) is 0 Å². The summed E-state index contributed by atoms with van der Waals surface area (Å²) in [6.45, 7) is 2.88. The van der Waals surface area contributed by atoms with Crippen molar-refractivity contribution in [1.82, 2.24) is 14.8 Å². The fourth-order valence-electron chi connectivity index (χ4n) is 6.18. The van der Waals surface area contributed by atoms with Gasteiger partial charge in [-0.05, 0) is 101 Å². The van der Waals surface area contributed by atoms with Crippen molar-refractivity contribution in [3.63, 3.8) is 0 Å². The van der Waals surface area contributed by atoms with E-state index in [1.807, 2.05) is 17.2 Å². The quantitative estimate of drug-likeness (QED) is 0.565. The van der Waals surface area contributed by atoms with Crippen LogP contribution in [-0.4, -0.2) is 52.9 Å². The third-order valence-electron chi connectivity index (χ3n) is 8.12. The monoisotopic (exact) mass is 558 g/mol. The topological polar surface area (TPSA) is 79.5 Å². The molecule has 2 fully saturated rings. The Morgan fingerprint density at radius 2 is 1.69 bits per heavy atom. The molecule has 8 heteroatoms. The van der Waals surface area contributed by atoms with E-state index in [1.54, 1.807) is 4.90 Å². The van der Waals surface area contributed by atoms with Gasteiger partial charge >= 0.3 is 6.03 Å². The van der Waals surface area contributed by atoms with Crippen molar-refractivity contribution < 1.29 is 9.59 Å². The van der Waals surface area contributed by atoms with Crippen LogP contribution in [0.25, 0.3) is 0 Å². The second-order valence-corrected chi connectivity index (χ2v) is 11.6. The van der Waals surface area contributed by atoms with E-state index in [2.05, 4.69) is 34.1 Å². The molecule has 2 N–H and O–H groups in total. The molecule has 35 heavy (non-hydrogen) atoms. The number of hydrogen-bond acceptors (Lipinski definition) is 3. The van der Waals surface area contributed by atoms with E-state index in [0.29, 0.717) is 31.3 Å². The summed E-state index contributed by atoms with van der Waals surface area (Å²) in [5, 5.41) is 0.782. The summed E-state index contributed by atoms with van der Waals surface area (Å²) >= 11 is 9.96. The van der Waals surface area contributed by atoms with Gasteiger partial charge in [-0.25, -0.2) is 4.79 Å². The SMILES string of the molecule is NC(=O)N1CCC(CC(=O)N2CCC([C@@H]3c4ccc(Cl)cc4CCc4cc(Br)cnc43)CC2)CC1. The Kier molecular flexibility index (Phi) is 7.35. The first-order valence-electron chi connectivity index (χ1n) is 12.6. The molecule has 186 valence electrons. The maximum Gasteiger partial charge on any atom is 0.314 e. The Morgan fingerprint density at radius 1 is 1.00 bits per heavy atom. The Hall–Kier alpha value is -2.12. The van der Waals surface area contributed by atoms with Crippen molar-refractivity contribution >= 4 is 39.5 Å². The van der Waals surface area contributed by atoms with Gasteiger partial charge in [-0.3, -0.25) is 9.78 Å². The zero-order valence-corrected chi connectivity index (χ0v) is 22.2. The molecule has 3 aliphatic rings. The number of carbonyl (C=O) groups is 2. The molecule has 0 saturated carbocycles. The van der Waals surface area contributed by atoms with Crippen LogP contribution >= 0.6 is 27.5 Å². The van der Waals surface area contributed by atoms with Crippen LogP contribution in [0.15, 0.2) is 34.9 Å². The van der Waals surface area contributed by atoms with Crippen LogP contribution < -0.4 is 5.73 Å². The van der Waals surface area contributed by atoms with Gasteiger partial charge in [0.1, 0.15) is 0 Å². The number of pyridine rings is 1. The summed E-state index contributed by atoms with van der Waals surface area (Å²) < 4.78 is 1.01. The Morgan fingerprint density at radius 3 is 2.40 bits per heavy atom. The maximum absolute atomic E-state index is 13.1. The van der Waals surface area contributed by atoms with E-state index in [9.17, 15) is 9.59 Å². The number of primary amides is 1. The number of urea groups is 1. The first-order chi connectivity index (χ1) is 16.9. The van der Waals surface area contributed by atoms with Crippen molar-refractivity contribution in [3.8, 4) is 0 Å². The highest BCUT2D eigenvalue weighted by Gasteiger charge is 2.35. The summed E-state index contributed by atoms with van der Waals surface area (Å²) in [5.74, 6) is 1.24. The summed E-state index contributed by atoms with van der Waals surface area (Å²) in [6, 6.07) is 8.16. The second kappa shape index (κ2) is 10.5. The highest BCUT2D eigenvalue weighted by Crippen LogP contribution is 2.43. The van der Waals surface area contributed by atoms with Gasteiger partial charge in [0.05, 0.1) is 5.69 Å². The number of piperidine rings is 2. The van der Waals surface area contributed by atoms with Crippen LogP contribution in [0.5, 0.6) is 0 Å². The number of halogens is 2. The number of amides is 3. The molecule has 0 bridgehead atoms. The number of rotatable bonds is 3. The molecule has 2 saturated heterocycles. The molecule has 5 rings (SSSR count). The number of carbonyl (C=O) groups excluding carboxylic acids is 2. The summed E-state index contributed by atoms with van der Waals surface area (Å²) in [7, 11) is 0. The average molecular weight is 560 g/mol. The van der Waals surface area contributed by atoms with Crippen LogP contribution in [0.3, 0.4) is 0 Å². The predicted molar refractivity (Wildman–Crippen MR) is 140 cm³/mol. The number of nitrogens with zero attached hydrogens (tertiary/aromatic N) is 3. The fourth-order valence-corrected chi connectivity index (χ4v) is 6.75. The highest BCUT2D eigenvalue weighted by molar-refractivity contribution is 9.10. The number of benzene rings is 1. The van der Waals surface area contributed by atoms with Gasteiger partial charge in [0.15, 0.2) is 0 Å². The van der Waals surface area contributed by atoms with Crippen LogP contribution in [0, 0.1) is 11.8 Å². The zero-order valence-electron chi connectivity index (χ0n) is 19.9. The number of aryl methyl sites for hydroxylation is 2. The van der Waals surface area contributed by atoms with Gasteiger partial charge in [0.25, 0.3) is 0 Å². The Labute approximate surface area is 220 Å². The van der Waals surface area contributed by atoms with E-state index in [0.717, 1.165) is 61.1 Å². The number of nitrogens with two attached hydrogens (primary N) is 1. The normalized spacial score (nSPS) is 21.3. The predicted octanol–water partition coefficient (Wildman–Crippen LogP) is 5.15. The maximum atomic E-state index is 13.1. The first kappa shape index (κ1) is 24.6. The van der Waals surface area contributed by atoms with Crippen LogP contribution in [0.1, 0.15) is 60.4 Å². The number of hydrogen-bond donors (Lipinski definition) is 1. The fraction of sp³-hybridized carbons (Fsp3) is 0.519. The second-order valence-electron chi connectivity index (χ2n) is 10.2. The number of likely N-dealkylation sites (tertiary alicyclic amines) is 2. The van der Waals surface area contributed by atoms with Crippen LogP contribution in [-0.2, 0) is 17.6 Å². The minimum Gasteiger partial charge on any atom is -0.351 e. The summed E-state index contributed by atoms with van der Waals surface area (Å²) in [5.41, 5.74) is 10.5. The van der Waals surface area contributed by atoms with E-state index < -0.39 is 0 Å². The Balaban J connectivity index is 1.28. The van der Waals surface area contributed by atoms with E-state index in [-0.39, 0.29) is 17.9 Å². The molecule has 0 spiro atoms. The molecule has 1 aliphatic carbocycles. The van der Waals surface area contributed by atoms with Gasteiger partial charge in [-0.2, -0.15) is 0 Å². The van der Waals surface area contributed by atoms with E-state index >= 15 is 0 Å². The first-order valence-corrected chi connectivity index (χ1v) is 13.8. The van der Waals surface area contributed by atoms with Crippen molar-refractivity contribution in [3.05, 3.63) is 62.3 Å². The lowest BCUT2D eigenvalue weighted by molar-refractivity contribution is -0.134.